The maximum atomic E-state index is 9.79. The van der Waals surface area contributed by atoms with Gasteiger partial charge in [0.1, 0.15) is 10.7 Å². The Morgan fingerprint density at radius 3 is 2.72 bits per heavy atom. The van der Waals surface area contributed by atoms with Crippen LogP contribution in [0, 0.1) is 0 Å². The lowest BCUT2D eigenvalue weighted by Crippen LogP contribution is -2.36. The fraction of sp³-hybridized carbons (Fsp3) is 0.368. The molecule has 1 aliphatic heterocycles. The molecule has 1 aliphatic rings. The first kappa shape index (κ1) is 21.8. The van der Waals surface area contributed by atoms with Crippen LogP contribution in [0.1, 0.15) is 25.8 Å². The summed E-state index contributed by atoms with van der Waals surface area (Å²) in [5.41, 5.74) is 1.78. The Labute approximate surface area is 201 Å². The SMILES string of the molecule is CCN1CCCC(n2nnnc2Sc2nc3cc(Cl)c(Cl)cc3nc2-c2cnc(O)s2)C1. The smallest absolute Gasteiger partial charge is 0.271 e. The molecule has 1 unspecified atom stereocenters. The van der Waals surface area contributed by atoms with E-state index >= 15 is 0 Å². The summed E-state index contributed by atoms with van der Waals surface area (Å²) in [6.45, 7) is 5.16. The van der Waals surface area contributed by atoms with Gasteiger partial charge in [0.2, 0.25) is 5.16 Å². The number of piperidine rings is 1. The van der Waals surface area contributed by atoms with Crippen LogP contribution >= 0.6 is 46.3 Å². The number of tetrazole rings is 1. The number of thiazole rings is 1. The van der Waals surface area contributed by atoms with E-state index in [1.807, 2.05) is 4.68 Å². The Morgan fingerprint density at radius 2 is 2.00 bits per heavy atom. The molecule has 5 rings (SSSR count). The maximum absolute atomic E-state index is 9.79. The van der Waals surface area contributed by atoms with Crippen LogP contribution in [0.3, 0.4) is 0 Å². The standard InChI is InChI=1S/C19H18Cl2N8OS2/c1-2-28-5-3-4-10(9-28)29-18(25-26-27-29)32-17-16(15-8-22-19(30)31-15)23-13-6-11(20)12(21)7-14(13)24-17/h6-8,10H,2-5,9H2,1H3,(H,22,30). The summed E-state index contributed by atoms with van der Waals surface area (Å²) < 4.78 is 1.88. The molecular weight excluding hydrogens is 491 g/mol. The largest absolute Gasteiger partial charge is 0.486 e. The highest BCUT2D eigenvalue weighted by Gasteiger charge is 2.26. The number of hydrogen-bond donors (Lipinski definition) is 1. The molecule has 0 spiro atoms. The van der Waals surface area contributed by atoms with E-state index in [2.05, 4.69) is 32.3 Å². The van der Waals surface area contributed by atoms with Crippen molar-refractivity contribution in [2.75, 3.05) is 19.6 Å². The second-order valence-electron chi connectivity index (χ2n) is 7.34. The average Bonchev–Trinajstić information content (AvgIpc) is 3.43. The predicted molar refractivity (Wildman–Crippen MR) is 125 cm³/mol. The molecule has 13 heteroatoms. The molecule has 166 valence electrons. The molecule has 0 radical (unpaired) electrons. The van der Waals surface area contributed by atoms with Gasteiger partial charge in [-0.25, -0.2) is 19.6 Å². The molecule has 1 fully saturated rings. The minimum Gasteiger partial charge on any atom is -0.486 e. The molecule has 9 nitrogen and oxygen atoms in total. The van der Waals surface area contributed by atoms with Gasteiger partial charge in [-0.3, -0.25) is 0 Å². The molecule has 1 saturated heterocycles. The molecule has 0 bridgehead atoms. The lowest BCUT2D eigenvalue weighted by atomic mass is 10.1. The van der Waals surface area contributed by atoms with Crippen LogP contribution < -0.4 is 0 Å². The monoisotopic (exact) mass is 508 g/mol. The van der Waals surface area contributed by atoms with Gasteiger partial charge in [0.05, 0.1) is 38.2 Å². The van der Waals surface area contributed by atoms with Crippen molar-refractivity contribution in [1.82, 2.24) is 40.1 Å². The lowest BCUT2D eigenvalue weighted by molar-refractivity contribution is 0.170. The number of rotatable bonds is 5. The van der Waals surface area contributed by atoms with Crippen LogP contribution in [-0.4, -0.2) is 64.8 Å². The van der Waals surface area contributed by atoms with Crippen LogP contribution in [0.5, 0.6) is 5.19 Å². The number of nitrogens with zero attached hydrogens (tertiary/aromatic N) is 8. The molecule has 1 N–H and O–H groups in total. The van der Waals surface area contributed by atoms with E-state index < -0.39 is 0 Å². The number of aromatic hydroxyl groups is 1. The number of halogens is 2. The molecule has 4 aromatic rings. The van der Waals surface area contributed by atoms with Gasteiger partial charge in [0, 0.05) is 6.54 Å². The number of fused-ring (bicyclic) bond motifs is 1. The molecule has 3 aromatic heterocycles. The van der Waals surface area contributed by atoms with Crippen molar-refractivity contribution in [1.29, 1.82) is 0 Å². The second kappa shape index (κ2) is 9.06. The zero-order valence-corrected chi connectivity index (χ0v) is 20.1. The van der Waals surface area contributed by atoms with Gasteiger partial charge >= 0.3 is 0 Å². The van der Waals surface area contributed by atoms with Crippen LogP contribution in [-0.2, 0) is 0 Å². The van der Waals surface area contributed by atoms with E-state index in [1.165, 1.54) is 11.8 Å². The highest BCUT2D eigenvalue weighted by molar-refractivity contribution is 7.99. The van der Waals surface area contributed by atoms with Crippen molar-refractivity contribution in [3.8, 4) is 15.8 Å². The Hall–Kier alpha value is -2.05. The third-order valence-electron chi connectivity index (χ3n) is 5.33. The van der Waals surface area contributed by atoms with Gasteiger partial charge < -0.3 is 10.0 Å². The Morgan fingerprint density at radius 1 is 1.22 bits per heavy atom. The van der Waals surface area contributed by atoms with Gasteiger partial charge in [-0.15, -0.1) is 5.10 Å². The van der Waals surface area contributed by atoms with Gasteiger partial charge in [0.25, 0.3) is 5.19 Å². The van der Waals surface area contributed by atoms with E-state index in [-0.39, 0.29) is 11.2 Å². The summed E-state index contributed by atoms with van der Waals surface area (Å²) in [5.74, 6) is 0. The first-order chi connectivity index (χ1) is 15.5. The van der Waals surface area contributed by atoms with Gasteiger partial charge in [-0.1, -0.05) is 41.5 Å². The first-order valence-electron chi connectivity index (χ1n) is 10.0. The molecule has 32 heavy (non-hydrogen) atoms. The fourth-order valence-electron chi connectivity index (χ4n) is 3.73. The zero-order chi connectivity index (χ0) is 22.2. The van der Waals surface area contributed by atoms with Crippen molar-refractivity contribution >= 4 is 57.3 Å². The lowest BCUT2D eigenvalue weighted by Gasteiger charge is -2.31. The highest BCUT2D eigenvalue weighted by Crippen LogP contribution is 2.39. The van der Waals surface area contributed by atoms with Crippen molar-refractivity contribution in [3.05, 3.63) is 28.4 Å². The molecule has 0 saturated carbocycles. The third kappa shape index (κ3) is 4.27. The van der Waals surface area contributed by atoms with Gasteiger partial charge in [0.15, 0.2) is 0 Å². The van der Waals surface area contributed by atoms with Crippen molar-refractivity contribution in [2.24, 2.45) is 0 Å². The van der Waals surface area contributed by atoms with Gasteiger partial charge in [-0.05, 0) is 60.3 Å². The van der Waals surface area contributed by atoms with Crippen LogP contribution in [0.2, 0.25) is 10.0 Å². The molecule has 1 aromatic carbocycles. The average molecular weight is 509 g/mol. The third-order valence-corrected chi connectivity index (χ3v) is 7.78. The summed E-state index contributed by atoms with van der Waals surface area (Å²) in [6.07, 6.45) is 3.69. The quantitative estimate of drug-likeness (QED) is 0.414. The van der Waals surface area contributed by atoms with Crippen LogP contribution in [0.15, 0.2) is 28.5 Å². The molecular formula is C19H18Cl2N8OS2. The second-order valence-corrected chi connectivity index (χ2v) is 10.1. The Bertz CT molecular complexity index is 1280. The van der Waals surface area contributed by atoms with E-state index in [1.54, 1.807) is 18.3 Å². The molecule has 0 aliphatic carbocycles. The van der Waals surface area contributed by atoms with E-state index in [0.717, 1.165) is 43.8 Å². The van der Waals surface area contributed by atoms with Crippen molar-refractivity contribution in [2.45, 2.75) is 36.0 Å². The number of likely N-dealkylation sites (N-methyl/N-ethyl adjacent to an activating group) is 1. The van der Waals surface area contributed by atoms with E-state index in [9.17, 15) is 5.11 Å². The minimum absolute atomic E-state index is 0.0429. The number of benzene rings is 1. The summed E-state index contributed by atoms with van der Waals surface area (Å²) in [6, 6.07) is 3.56. The predicted octanol–water partition coefficient (Wildman–Crippen LogP) is 4.56. The van der Waals surface area contributed by atoms with Crippen molar-refractivity contribution < 1.29 is 5.11 Å². The zero-order valence-electron chi connectivity index (χ0n) is 16.9. The topological polar surface area (TPSA) is 106 Å². The summed E-state index contributed by atoms with van der Waals surface area (Å²) in [4.78, 5) is 16.6. The maximum Gasteiger partial charge on any atom is 0.271 e. The van der Waals surface area contributed by atoms with E-state index in [4.69, 9.17) is 33.2 Å². The normalized spacial score (nSPS) is 17.3. The number of aromatic nitrogens is 7. The Kier molecular flexibility index (Phi) is 6.17. The number of hydrogen-bond acceptors (Lipinski definition) is 10. The summed E-state index contributed by atoms with van der Waals surface area (Å²) in [7, 11) is 0. The minimum atomic E-state index is -0.0429. The molecule has 0 amide bonds. The Balaban J connectivity index is 1.57. The van der Waals surface area contributed by atoms with Crippen LogP contribution in [0.4, 0.5) is 0 Å². The number of likely N-dealkylation sites (tertiary alicyclic amines) is 1. The van der Waals surface area contributed by atoms with Crippen LogP contribution in [0.25, 0.3) is 21.6 Å². The highest BCUT2D eigenvalue weighted by atomic mass is 35.5. The summed E-state index contributed by atoms with van der Waals surface area (Å²) in [5, 5.41) is 24.2. The summed E-state index contributed by atoms with van der Waals surface area (Å²) >= 11 is 14.9. The fourth-order valence-corrected chi connectivity index (χ4v) is 5.68. The van der Waals surface area contributed by atoms with Gasteiger partial charge in [-0.2, -0.15) is 0 Å². The van der Waals surface area contributed by atoms with E-state index in [0.29, 0.717) is 41.8 Å². The first-order valence-corrected chi connectivity index (χ1v) is 12.4. The molecule has 1 atom stereocenters. The molecule has 4 heterocycles. The van der Waals surface area contributed by atoms with Crippen molar-refractivity contribution in [3.63, 3.8) is 0 Å².